The number of amides is 1. The van der Waals surface area contributed by atoms with Crippen LogP contribution in [0.5, 0.6) is 0 Å². The molecule has 22 heavy (non-hydrogen) atoms. The van der Waals surface area contributed by atoms with E-state index in [1.165, 1.54) is 0 Å². The van der Waals surface area contributed by atoms with Crippen LogP contribution in [0.25, 0.3) is 0 Å². The van der Waals surface area contributed by atoms with Gasteiger partial charge in [0.25, 0.3) is 5.92 Å². The number of rotatable bonds is 4. The minimum atomic E-state index is -2.56. The van der Waals surface area contributed by atoms with Gasteiger partial charge in [0, 0.05) is 58.5 Å². The quantitative estimate of drug-likeness (QED) is 0.804. The Balaban J connectivity index is 1.85. The van der Waals surface area contributed by atoms with Gasteiger partial charge in [0.2, 0.25) is 5.91 Å². The van der Waals surface area contributed by atoms with Gasteiger partial charge in [-0.15, -0.1) is 0 Å². The number of nitrogens with zero attached hydrogens (tertiary/aromatic N) is 2. The first-order valence-corrected chi connectivity index (χ1v) is 8.14. The number of hydrogen-bond donors (Lipinski definition) is 2. The number of carbonyl (C=O) groups is 1. The Bertz CT molecular complexity index is 385. The molecule has 0 aromatic heterocycles. The molecule has 0 aromatic rings. The second-order valence-electron chi connectivity index (χ2n) is 6.63. The number of alkyl halides is 2. The average Bonchev–Trinajstić information content (AvgIpc) is 2.64. The molecule has 2 saturated heterocycles. The Morgan fingerprint density at radius 2 is 1.77 bits per heavy atom. The zero-order chi connectivity index (χ0) is 16.2. The molecule has 1 amide bonds. The minimum absolute atomic E-state index is 0.0318. The predicted molar refractivity (Wildman–Crippen MR) is 79.7 cm³/mol. The molecule has 2 aliphatic heterocycles. The van der Waals surface area contributed by atoms with Crippen molar-refractivity contribution in [1.82, 2.24) is 9.80 Å². The number of nitrogens with two attached hydrogens (primary N) is 1. The molecule has 1 atom stereocenters. The fraction of sp³-hybridized carbons (Fsp3) is 0.933. The van der Waals surface area contributed by atoms with Crippen LogP contribution in [0.15, 0.2) is 0 Å². The average molecular weight is 319 g/mol. The standard InChI is InChI=1S/C15H27F2N3O2/c16-15(17)5-9-19(10-6-15)12-14(22)3-1-8-20(11-4-14)13(21)2-7-18/h22H,1-12,18H2/t14-/m0/s1. The number of halogens is 2. The Morgan fingerprint density at radius 1 is 1.09 bits per heavy atom. The van der Waals surface area contributed by atoms with Crippen LogP contribution in [0.3, 0.4) is 0 Å². The summed E-state index contributed by atoms with van der Waals surface area (Å²) in [5, 5.41) is 10.8. The van der Waals surface area contributed by atoms with Crippen molar-refractivity contribution < 1.29 is 18.7 Å². The van der Waals surface area contributed by atoms with E-state index >= 15 is 0 Å². The summed E-state index contributed by atoms with van der Waals surface area (Å²) in [7, 11) is 0. The van der Waals surface area contributed by atoms with Gasteiger partial charge >= 0.3 is 0 Å². The number of piperidine rings is 1. The zero-order valence-corrected chi connectivity index (χ0v) is 13.1. The summed E-state index contributed by atoms with van der Waals surface area (Å²) in [5.41, 5.74) is 4.52. The van der Waals surface area contributed by atoms with Gasteiger partial charge in [0.1, 0.15) is 0 Å². The molecule has 2 aliphatic rings. The van der Waals surface area contributed by atoms with Crippen LogP contribution < -0.4 is 5.73 Å². The molecule has 0 saturated carbocycles. The van der Waals surface area contributed by atoms with Crippen molar-refractivity contribution in [3.8, 4) is 0 Å². The van der Waals surface area contributed by atoms with Gasteiger partial charge in [-0.1, -0.05) is 0 Å². The van der Waals surface area contributed by atoms with Crippen molar-refractivity contribution in [3.63, 3.8) is 0 Å². The van der Waals surface area contributed by atoms with E-state index in [9.17, 15) is 18.7 Å². The van der Waals surface area contributed by atoms with E-state index in [-0.39, 0.29) is 18.7 Å². The van der Waals surface area contributed by atoms with E-state index in [0.29, 0.717) is 58.5 Å². The summed E-state index contributed by atoms with van der Waals surface area (Å²) in [6.45, 7) is 2.55. The summed E-state index contributed by atoms with van der Waals surface area (Å²) < 4.78 is 26.4. The SMILES string of the molecule is NCCC(=O)N1CCC[C@@](O)(CN2CCC(F)(F)CC2)CC1. The third-order valence-corrected chi connectivity index (χ3v) is 4.73. The largest absolute Gasteiger partial charge is 0.388 e. The number of β-amino-alcohol motifs (C(OH)–C–C–N with tert-alkyl or cyclic N) is 1. The number of hydrogen-bond acceptors (Lipinski definition) is 4. The van der Waals surface area contributed by atoms with E-state index in [2.05, 4.69) is 0 Å². The number of likely N-dealkylation sites (tertiary alicyclic amines) is 2. The van der Waals surface area contributed by atoms with Crippen molar-refractivity contribution >= 4 is 5.91 Å². The monoisotopic (exact) mass is 319 g/mol. The molecular weight excluding hydrogens is 292 g/mol. The Morgan fingerprint density at radius 3 is 2.41 bits per heavy atom. The van der Waals surface area contributed by atoms with Crippen LogP contribution in [0.4, 0.5) is 8.78 Å². The van der Waals surface area contributed by atoms with Gasteiger partial charge in [0.05, 0.1) is 5.60 Å². The van der Waals surface area contributed by atoms with Crippen molar-refractivity contribution in [2.24, 2.45) is 5.73 Å². The molecule has 2 heterocycles. The lowest BCUT2D eigenvalue weighted by atomic mass is 9.93. The molecular formula is C15H27F2N3O2. The summed E-state index contributed by atoms with van der Waals surface area (Å²) in [6, 6.07) is 0. The van der Waals surface area contributed by atoms with Crippen molar-refractivity contribution in [1.29, 1.82) is 0 Å². The third kappa shape index (κ3) is 4.86. The van der Waals surface area contributed by atoms with Crippen LogP contribution >= 0.6 is 0 Å². The van der Waals surface area contributed by atoms with Gasteiger partial charge < -0.3 is 20.6 Å². The molecule has 0 unspecified atom stereocenters. The minimum Gasteiger partial charge on any atom is -0.388 e. The predicted octanol–water partition coefficient (Wildman–Crippen LogP) is 0.810. The number of aliphatic hydroxyl groups is 1. The second-order valence-corrected chi connectivity index (χ2v) is 6.63. The maximum absolute atomic E-state index is 13.2. The van der Waals surface area contributed by atoms with Gasteiger partial charge in [-0.25, -0.2) is 8.78 Å². The van der Waals surface area contributed by atoms with Gasteiger partial charge in [-0.05, 0) is 19.3 Å². The molecule has 2 fully saturated rings. The smallest absolute Gasteiger partial charge is 0.250 e. The van der Waals surface area contributed by atoms with E-state index in [0.717, 1.165) is 6.42 Å². The molecule has 5 nitrogen and oxygen atoms in total. The van der Waals surface area contributed by atoms with E-state index in [1.54, 1.807) is 4.90 Å². The van der Waals surface area contributed by atoms with Crippen molar-refractivity contribution in [3.05, 3.63) is 0 Å². The topological polar surface area (TPSA) is 69.8 Å². The maximum Gasteiger partial charge on any atom is 0.250 e. The lowest BCUT2D eigenvalue weighted by Gasteiger charge is -2.37. The first-order valence-electron chi connectivity index (χ1n) is 8.14. The number of carbonyl (C=O) groups excluding carboxylic acids is 1. The summed E-state index contributed by atoms with van der Waals surface area (Å²) in [5.74, 6) is -2.53. The molecule has 0 aromatic carbocycles. The van der Waals surface area contributed by atoms with E-state index < -0.39 is 11.5 Å². The van der Waals surface area contributed by atoms with Crippen molar-refractivity contribution in [2.75, 3.05) is 39.3 Å². The highest BCUT2D eigenvalue weighted by molar-refractivity contribution is 5.76. The van der Waals surface area contributed by atoms with Crippen molar-refractivity contribution in [2.45, 2.75) is 50.0 Å². The van der Waals surface area contributed by atoms with Crippen LogP contribution in [-0.4, -0.2) is 71.6 Å². The lowest BCUT2D eigenvalue weighted by molar-refractivity contribution is -0.131. The van der Waals surface area contributed by atoms with E-state index in [4.69, 9.17) is 5.73 Å². The molecule has 2 rings (SSSR count). The lowest BCUT2D eigenvalue weighted by Crippen LogP contribution is -2.48. The molecule has 0 radical (unpaired) electrons. The normalized spacial score (nSPS) is 30.1. The molecule has 7 heteroatoms. The van der Waals surface area contributed by atoms with E-state index in [1.807, 2.05) is 4.90 Å². The van der Waals surface area contributed by atoms with Crippen LogP contribution in [0.1, 0.15) is 38.5 Å². The second kappa shape index (κ2) is 7.19. The van der Waals surface area contributed by atoms with Gasteiger partial charge in [-0.3, -0.25) is 4.79 Å². The summed E-state index contributed by atoms with van der Waals surface area (Å²) >= 11 is 0. The van der Waals surface area contributed by atoms with Crippen LogP contribution in [0.2, 0.25) is 0 Å². The first kappa shape index (κ1) is 17.6. The fourth-order valence-electron chi connectivity index (χ4n) is 3.32. The Kier molecular flexibility index (Phi) is 5.74. The molecule has 0 bridgehead atoms. The third-order valence-electron chi connectivity index (χ3n) is 4.73. The molecule has 0 spiro atoms. The first-order chi connectivity index (χ1) is 10.3. The molecule has 3 N–H and O–H groups in total. The Labute approximate surface area is 130 Å². The summed E-state index contributed by atoms with van der Waals surface area (Å²) in [6.07, 6.45) is 1.90. The highest BCUT2D eigenvalue weighted by atomic mass is 19.3. The highest BCUT2D eigenvalue weighted by Gasteiger charge is 2.38. The van der Waals surface area contributed by atoms with Crippen LogP contribution in [-0.2, 0) is 4.79 Å². The fourth-order valence-corrected chi connectivity index (χ4v) is 3.32. The zero-order valence-electron chi connectivity index (χ0n) is 13.1. The summed E-state index contributed by atoms with van der Waals surface area (Å²) in [4.78, 5) is 15.6. The maximum atomic E-state index is 13.2. The molecule has 128 valence electrons. The molecule has 0 aliphatic carbocycles. The van der Waals surface area contributed by atoms with Gasteiger partial charge in [0.15, 0.2) is 0 Å². The highest BCUT2D eigenvalue weighted by Crippen LogP contribution is 2.30. The van der Waals surface area contributed by atoms with Gasteiger partial charge in [-0.2, -0.15) is 0 Å². The van der Waals surface area contributed by atoms with Crippen LogP contribution in [0, 0.1) is 0 Å². The Hall–Kier alpha value is -0.790.